The highest BCUT2D eigenvalue weighted by Crippen LogP contribution is 2.26. The third-order valence-electron chi connectivity index (χ3n) is 3.19. The average molecular weight is 383 g/mol. The van der Waals surface area contributed by atoms with Crippen LogP contribution in [0.5, 0.6) is 11.5 Å². The van der Waals surface area contributed by atoms with Crippen molar-refractivity contribution in [2.75, 3.05) is 12.4 Å². The van der Waals surface area contributed by atoms with E-state index in [0.29, 0.717) is 17.9 Å². The van der Waals surface area contributed by atoms with Gasteiger partial charge in [0.15, 0.2) is 0 Å². The number of hydrogen-bond acceptors (Lipinski definition) is 4. The Morgan fingerprint density at radius 2 is 1.89 bits per heavy atom. The molecule has 0 atom stereocenters. The number of nitrogens with zero attached hydrogens (tertiary/aromatic N) is 1. The summed E-state index contributed by atoms with van der Waals surface area (Å²) < 4.78 is 19.7. The fraction of sp³-hybridized carbons (Fsp3) is 0.0952. The van der Waals surface area contributed by atoms with E-state index in [-0.39, 0.29) is 11.3 Å². The van der Waals surface area contributed by atoms with Gasteiger partial charge in [-0.15, -0.1) is 0 Å². The molecule has 146 valence electrons. The number of allylic oxidation sites excluding steroid dienone is 2. The van der Waals surface area contributed by atoms with Crippen LogP contribution in [-0.4, -0.2) is 24.3 Å². The first-order valence-electron chi connectivity index (χ1n) is 8.22. The zero-order valence-electron chi connectivity index (χ0n) is 15.7. The van der Waals surface area contributed by atoms with E-state index in [9.17, 15) is 9.18 Å². The summed E-state index contributed by atoms with van der Waals surface area (Å²) in [6.07, 6.45) is 6.56. The van der Waals surface area contributed by atoms with Crippen molar-refractivity contribution in [2.24, 2.45) is 0 Å². The number of carbonyl (C=O) groups excluding carboxylic acids is 2. The summed E-state index contributed by atoms with van der Waals surface area (Å²) in [5.41, 5.74) is 1.13. The van der Waals surface area contributed by atoms with Crippen molar-refractivity contribution in [3.8, 4) is 11.5 Å². The number of benzene rings is 1. The Hall–Kier alpha value is -3.74. The van der Waals surface area contributed by atoms with E-state index in [2.05, 4.69) is 28.8 Å². The van der Waals surface area contributed by atoms with Crippen molar-refractivity contribution in [3.05, 3.63) is 85.0 Å². The molecule has 6 nitrogen and oxygen atoms in total. The molecule has 1 aromatic carbocycles. The minimum Gasteiger partial charge on any atom is -0.457 e. The molecule has 2 amide bonds. The van der Waals surface area contributed by atoms with E-state index >= 15 is 0 Å². The topological polar surface area (TPSA) is 80.3 Å². The summed E-state index contributed by atoms with van der Waals surface area (Å²) in [6, 6.07) is 7.63. The predicted octanol–water partition coefficient (Wildman–Crippen LogP) is 3.92. The number of anilines is 1. The molecule has 1 heterocycles. The quantitative estimate of drug-likeness (QED) is 0.431. The number of aryl methyl sites for hydroxylation is 1. The van der Waals surface area contributed by atoms with E-state index in [4.69, 9.17) is 9.53 Å². The fourth-order valence-corrected chi connectivity index (χ4v) is 1.94. The molecule has 0 unspecified atom stereocenters. The predicted molar refractivity (Wildman–Crippen MR) is 108 cm³/mol. The van der Waals surface area contributed by atoms with Gasteiger partial charge in [-0.2, -0.15) is 0 Å². The molecule has 0 saturated carbocycles. The first-order valence-corrected chi connectivity index (χ1v) is 8.22. The van der Waals surface area contributed by atoms with Gasteiger partial charge in [-0.3, -0.25) is 14.6 Å². The SMILES string of the molecule is C=C/C=C(\C=C)C(=O)Nc1ccc(Oc2ccnc(C)c2)cc1F.CNC=O. The van der Waals surface area contributed by atoms with Crippen molar-refractivity contribution >= 4 is 18.0 Å². The first-order chi connectivity index (χ1) is 13.4. The molecule has 0 fully saturated rings. The van der Waals surface area contributed by atoms with Gasteiger partial charge >= 0.3 is 0 Å². The molecular formula is C21H22FN3O3. The highest BCUT2D eigenvalue weighted by Gasteiger charge is 2.11. The standard InChI is InChI=1S/C19H17FN2O2.C2H5NO/c1-4-6-14(5-2)19(23)22-18-8-7-15(12-17(18)20)24-16-9-10-21-13(3)11-16;1-3-2-4/h4-12H,1-2H2,3H3,(H,22,23);2H,1H3,(H,3,4)/b14-6+;. The summed E-state index contributed by atoms with van der Waals surface area (Å²) in [4.78, 5) is 25.1. The van der Waals surface area contributed by atoms with Crippen molar-refractivity contribution in [3.63, 3.8) is 0 Å². The smallest absolute Gasteiger partial charge is 0.255 e. The van der Waals surface area contributed by atoms with Crippen LogP contribution in [0.2, 0.25) is 0 Å². The first kappa shape index (κ1) is 22.3. The van der Waals surface area contributed by atoms with Gasteiger partial charge in [0, 0.05) is 36.6 Å². The number of ether oxygens (including phenoxy) is 1. The van der Waals surface area contributed by atoms with E-state index in [1.54, 1.807) is 31.4 Å². The normalized spacial score (nSPS) is 10.0. The van der Waals surface area contributed by atoms with Gasteiger partial charge in [-0.05, 0) is 25.1 Å². The Morgan fingerprint density at radius 3 is 2.43 bits per heavy atom. The van der Waals surface area contributed by atoms with E-state index < -0.39 is 11.7 Å². The Morgan fingerprint density at radius 1 is 1.21 bits per heavy atom. The van der Waals surface area contributed by atoms with E-state index in [0.717, 1.165) is 5.69 Å². The van der Waals surface area contributed by atoms with Gasteiger partial charge < -0.3 is 15.4 Å². The molecule has 0 aliphatic carbocycles. The number of halogens is 1. The summed E-state index contributed by atoms with van der Waals surface area (Å²) >= 11 is 0. The monoisotopic (exact) mass is 383 g/mol. The molecule has 0 bridgehead atoms. The van der Waals surface area contributed by atoms with E-state index in [1.807, 2.05) is 6.92 Å². The minimum atomic E-state index is -0.603. The second-order valence-electron chi connectivity index (χ2n) is 5.30. The Balaban J connectivity index is 0.000000892. The minimum absolute atomic E-state index is 0.0510. The molecule has 1 aromatic heterocycles. The maximum absolute atomic E-state index is 14.2. The number of hydrogen-bond donors (Lipinski definition) is 2. The van der Waals surface area contributed by atoms with Crippen molar-refractivity contribution in [1.29, 1.82) is 0 Å². The molecule has 2 rings (SSSR count). The lowest BCUT2D eigenvalue weighted by Gasteiger charge is -2.10. The van der Waals surface area contributed by atoms with Crippen LogP contribution >= 0.6 is 0 Å². The lowest BCUT2D eigenvalue weighted by atomic mass is 10.2. The second kappa shape index (κ2) is 11.8. The van der Waals surface area contributed by atoms with Crippen LogP contribution in [0.25, 0.3) is 0 Å². The maximum atomic E-state index is 14.2. The zero-order chi connectivity index (χ0) is 20.9. The molecule has 2 aromatic rings. The number of carbonyl (C=O) groups is 2. The average Bonchev–Trinajstić information content (AvgIpc) is 2.68. The van der Waals surface area contributed by atoms with Crippen LogP contribution in [0.1, 0.15) is 5.69 Å². The highest BCUT2D eigenvalue weighted by molar-refractivity contribution is 6.05. The van der Waals surface area contributed by atoms with Gasteiger partial charge in [-0.1, -0.05) is 31.4 Å². The number of aromatic nitrogens is 1. The van der Waals surface area contributed by atoms with Gasteiger partial charge in [0.1, 0.15) is 17.3 Å². The molecule has 0 radical (unpaired) electrons. The summed E-state index contributed by atoms with van der Waals surface area (Å²) in [6.45, 7) is 8.88. The number of amides is 2. The summed E-state index contributed by atoms with van der Waals surface area (Å²) in [5.74, 6) is -0.195. The molecule has 0 aliphatic heterocycles. The largest absolute Gasteiger partial charge is 0.457 e. The summed E-state index contributed by atoms with van der Waals surface area (Å²) in [5, 5.41) is 4.73. The molecule has 0 saturated heterocycles. The van der Waals surface area contributed by atoms with Crippen LogP contribution in [-0.2, 0) is 9.59 Å². The maximum Gasteiger partial charge on any atom is 0.255 e. The van der Waals surface area contributed by atoms with Gasteiger partial charge in [0.2, 0.25) is 6.41 Å². The lowest BCUT2D eigenvalue weighted by Crippen LogP contribution is -2.14. The van der Waals surface area contributed by atoms with Crippen molar-refractivity contribution in [1.82, 2.24) is 10.3 Å². The van der Waals surface area contributed by atoms with Crippen LogP contribution in [0.3, 0.4) is 0 Å². The van der Waals surface area contributed by atoms with Crippen LogP contribution in [0, 0.1) is 12.7 Å². The highest BCUT2D eigenvalue weighted by atomic mass is 19.1. The van der Waals surface area contributed by atoms with Gasteiger partial charge in [-0.25, -0.2) is 4.39 Å². The number of rotatable bonds is 7. The Labute approximate surface area is 163 Å². The third-order valence-corrected chi connectivity index (χ3v) is 3.19. The third kappa shape index (κ3) is 7.25. The zero-order valence-corrected chi connectivity index (χ0v) is 15.7. The Bertz CT molecular complexity index is 879. The van der Waals surface area contributed by atoms with Gasteiger partial charge in [0.25, 0.3) is 5.91 Å². The fourth-order valence-electron chi connectivity index (χ4n) is 1.94. The van der Waals surface area contributed by atoms with E-state index in [1.165, 1.54) is 30.4 Å². The lowest BCUT2D eigenvalue weighted by molar-refractivity contribution is -0.112. The van der Waals surface area contributed by atoms with Crippen molar-refractivity contribution in [2.45, 2.75) is 6.92 Å². The molecular weight excluding hydrogens is 361 g/mol. The second-order valence-corrected chi connectivity index (χ2v) is 5.30. The van der Waals surface area contributed by atoms with Crippen LogP contribution in [0.15, 0.2) is 73.5 Å². The van der Waals surface area contributed by atoms with Crippen LogP contribution in [0.4, 0.5) is 10.1 Å². The Kier molecular flexibility index (Phi) is 9.39. The summed E-state index contributed by atoms with van der Waals surface area (Å²) in [7, 11) is 1.56. The molecule has 7 heteroatoms. The molecule has 2 N–H and O–H groups in total. The van der Waals surface area contributed by atoms with Crippen LogP contribution < -0.4 is 15.4 Å². The molecule has 0 aliphatic rings. The number of pyridine rings is 1. The van der Waals surface area contributed by atoms with Crippen molar-refractivity contribution < 1.29 is 18.7 Å². The molecule has 0 spiro atoms. The van der Waals surface area contributed by atoms with Gasteiger partial charge in [0.05, 0.1) is 5.69 Å². The number of nitrogens with one attached hydrogen (secondary N) is 2. The molecule has 28 heavy (non-hydrogen) atoms.